The Bertz CT molecular complexity index is 5040. The summed E-state index contributed by atoms with van der Waals surface area (Å²) in [5.74, 6) is -10.1. The molecule has 0 atom stereocenters. The van der Waals surface area contributed by atoms with Gasteiger partial charge in [0.15, 0.2) is 34.7 Å². The molecule has 0 spiro atoms. The maximum absolute atomic E-state index is 12.2. The topological polar surface area (TPSA) is 522 Å². The van der Waals surface area contributed by atoms with Gasteiger partial charge in [0, 0.05) is 80.6 Å². The van der Waals surface area contributed by atoms with Gasteiger partial charge in [-0.3, -0.25) is 67.1 Å². The standard InChI is InChI=1S/6C14H8O4.2C2H4O2/c6*15-9-5-1-3-7-11(9)14(18)12-8(13(7)17)4-2-6-10(12)16;2*1-2(3)4/h6*1-6,15-16H;2*1H3,(H,3,4). The van der Waals surface area contributed by atoms with E-state index in [-0.39, 0.29) is 237 Å². The Morgan fingerprint density at radius 3 is 0.293 bits per heavy atom. The van der Waals surface area contributed by atoms with Gasteiger partial charge in [0.1, 0.15) is 69.0 Å². The van der Waals surface area contributed by atoms with E-state index in [0.717, 1.165) is 13.8 Å². The Kier molecular flexibility index (Phi) is 22.4. The Labute approximate surface area is 651 Å². The molecule has 0 radical (unpaired) electrons. The smallest absolute Gasteiger partial charge is 0.300 e. The summed E-state index contributed by atoms with van der Waals surface area (Å²) in [5.41, 5.74) is 1.44. The van der Waals surface area contributed by atoms with Crippen LogP contribution >= 0.6 is 0 Å². The third-order valence-electron chi connectivity index (χ3n) is 18.2. The Morgan fingerprint density at radius 2 is 0.224 bits per heavy atom. The van der Waals surface area contributed by atoms with Gasteiger partial charge in [-0.2, -0.15) is 0 Å². The number of aromatic hydroxyl groups is 12. The molecule has 0 heterocycles. The van der Waals surface area contributed by atoms with Crippen molar-refractivity contribution < 1.29 is 139 Å². The van der Waals surface area contributed by atoms with Crippen LogP contribution in [0.2, 0.25) is 0 Å². The highest BCUT2D eigenvalue weighted by atomic mass is 16.4. The highest BCUT2D eigenvalue weighted by molar-refractivity contribution is 6.35. The van der Waals surface area contributed by atoms with Crippen molar-refractivity contribution in [2.24, 2.45) is 0 Å². The number of rotatable bonds is 0. The van der Waals surface area contributed by atoms with Crippen molar-refractivity contribution in [3.63, 3.8) is 0 Å². The van der Waals surface area contributed by atoms with Crippen molar-refractivity contribution in [2.75, 3.05) is 0 Å². The maximum Gasteiger partial charge on any atom is 0.300 e. The number of fused-ring (bicyclic) bond motifs is 12. The highest BCUT2D eigenvalue weighted by Gasteiger charge is 2.40. The van der Waals surface area contributed by atoms with Crippen LogP contribution in [-0.2, 0) is 9.59 Å². The van der Waals surface area contributed by atoms with Crippen molar-refractivity contribution in [1.29, 1.82) is 0 Å². The fraction of sp³-hybridized carbons (Fsp3) is 0.0227. The molecule has 12 aromatic rings. The minimum Gasteiger partial charge on any atom is -0.507 e. The Morgan fingerprint density at radius 1 is 0.155 bits per heavy atom. The van der Waals surface area contributed by atoms with E-state index in [2.05, 4.69) is 0 Å². The monoisotopic (exact) mass is 1560 g/mol. The maximum atomic E-state index is 12.2. The van der Waals surface area contributed by atoms with E-state index in [4.69, 9.17) is 19.8 Å². The average molecular weight is 1560 g/mol. The molecule has 576 valence electrons. The molecule has 0 bridgehead atoms. The van der Waals surface area contributed by atoms with Crippen molar-refractivity contribution in [3.05, 3.63) is 352 Å². The van der Waals surface area contributed by atoms with E-state index < -0.39 is 46.6 Å². The minimum atomic E-state index is -0.833. The lowest BCUT2D eigenvalue weighted by Crippen LogP contribution is -2.20. The zero-order valence-electron chi connectivity index (χ0n) is 59.8. The summed E-state index contributed by atoms with van der Waals surface area (Å²) in [6.07, 6.45) is 0. The molecule has 0 amide bonds. The number of benzene rings is 12. The van der Waals surface area contributed by atoms with Gasteiger partial charge in [0.25, 0.3) is 11.9 Å². The van der Waals surface area contributed by atoms with Crippen LogP contribution in [0.5, 0.6) is 69.0 Å². The molecule has 0 fully saturated rings. The molecule has 6 aliphatic rings. The molecule has 18 rings (SSSR count). The molecule has 0 saturated heterocycles. The zero-order valence-corrected chi connectivity index (χ0v) is 59.8. The molecule has 0 aliphatic heterocycles. The third kappa shape index (κ3) is 14.7. The summed E-state index contributed by atoms with van der Waals surface area (Å²) in [4.78, 5) is 164. The zero-order chi connectivity index (χ0) is 84.3. The number of carboxylic acid groups (broad SMARTS) is 2. The third-order valence-corrected chi connectivity index (χ3v) is 18.2. The van der Waals surface area contributed by atoms with Crippen molar-refractivity contribution in [2.45, 2.75) is 13.8 Å². The van der Waals surface area contributed by atoms with E-state index in [1.807, 2.05) is 0 Å². The lowest BCUT2D eigenvalue weighted by Gasteiger charge is -2.18. The van der Waals surface area contributed by atoms with Crippen molar-refractivity contribution in [3.8, 4) is 69.0 Å². The summed E-state index contributed by atoms with van der Waals surface area (Å²) in [6.45, 7) is 2.17. The van der Waals surface area contributed by atoms with E-state index in [9.17, 15) is 119 Å². The molecule has 6 aliphatic carbocycles. The van der Waals surface area contributed by atoms with Crippen LogP contribution in [0.3, 0.4) is 0 Å². The first kappa shape index (κ1) is 80.2. The molecule has 12 aromatic carbocycles. The van der Waals surface area contributed by atoms with Crippen LogP contribution in [-0.4, -0.2) is 153 Å². The average Bonchev–Trinajstić information content (AvgIpc) is 0.786. The summed E-state index contributed by atoms with van der Waals surface area (Å²) >= 11 is 0. The van der Waals surface area contributed by atoms with Crippen LogP contribution in [0.25, 0.3) is 0 Å². The second kappa shape index (κ2) is 32.4. The van der Waals surface area contributed by atoms with Crippen LogP contribution in [0.1, 0.15) is 205 Å². The molecule has 0 aromatic heterocycles. The van der Waals surface area contributed by atoms with E-state index in [1.165, 1.54) is 218 Å². The number of hydrogen-bond donors (Lipinski definition) is 14. The van der Waals surface area contributed by atoms with Crippen LogP contribution in [0.4, 0.5) is 0 Å². The van der Waals surface area contributed by atoms with E-state index >= 15 is 0 Å². The first-order valence-corrected chi connectivity index (χ1v) is 33.9. The first-order valence-electron chi connectivity index (χ1n) is 33.9. The van der Waals surface area contributed by atoms with Crippen LogP contribution < -0.4 is 0 Å². The number of carbonyl (C=O) groups excluding carboxylic acids is 12. The predicted molar refractivity (Wildman–Crippen MR) is 405 cm³/mol. The van der Waals surface area contributed by atoms with Gasteiger partial charge in [-0.05, 0) is 72.8 Å². The molecule has 14 N–H and O–H groups in total. The van der Waals surface area contributed by atoms with E-state index in [0.29, 0.717) is 0 Å². The van der Waals surface area contributed by atoms with Gasteiger partial charge >= 0.3 is 0 Å². The molecule has 28 heteroatoms. The van der Waals surface area contributed by atoms with Gasteiger partial charge in [-0.15, -0.1) is 0 Å². The normalized spacial score (nSPS) is 12.6. The molecular weight excluding hydrogens is 1500 g/mol. The number of phenols is 12. The summed E-state index contributed by atoms with van der Waals surface area (Å²) in [5, 5.41) is 131. The second-order valence-corrected chi connectivity index (χ2v) is 25.4. The number of phenolic OH excluding ortho intramolecular Hbond substituents is 12. The number of carbonyl (C=O) groups is 14. The minimum absolute atomic E-state index is 0.0449. The second-order valence-electron chi connectivity index (χ2n) is 25.4. The molecule has 0 saturated carbocycles. The van der Waals surface area contributed by atoms with Gasteiger partial charge < -0.3 is 71.5 Å². The number of ketones is 12. The quantitative estimate of drug-likeness (QED) is 0.0670. The summed E-state index contributed by atoms with van der Waals surface area (Å²) in [6, 6.07) is 52.1. The Hall–Kier alpha value is -16.8. The van der Waals surface area contributed by atoms with Gasteiger partial charge in [-0.25, -0.2) is 0 Å². The lowest BCUT2D eigenvalue weighted by atomic mass is 9.83. The fourth-order valence-corrected chi connectivity index (χ4v) is 13.2. The van der Waals surface area contributed by atoms with Gasteiger partial charge in [-0.1, -0.05) is 146 Å². The van der Waals surface area contributed by atoms with Crippen LogP contribution in [0, 0.1) is 0 Å². The number of carboxylic acids is 2. The fourth-order valence-electron chi connectivity index (χ4n) is 13.2. The summed E-state index contributed by atoms with van der Waals surface area (Å²) < 4.78 is 0. The first-order chi connectivity index (χ1) is 55.1. The molecular formula is C88H56O28. The van der Waals surface area contributed by atoms with Gasteiger partial charge in [0.2, 0.25) is 34.7 Å². The predicted octanol–water partition coefficient (Wildman–Crippen LogP) is 11.4. The SMILES string of the molecule is CC(=O)O.CC(=O)O.O=C1c2cccc(O)c2C(=O)c2c(O)cccc21.O=C1c2cccc(O)c2C(=O)c2c(O)cccc21.O=C1c2cccc(O)c2C(=O)c2c(O)cccc21.O=C1c2cccc(O)c2C(=O)c2c(O)cccc21.O=C1c2cccc(O)c2C(=O)c2c(O)cccc21.O=C1c2cccc(O)c2C(=O)c2c(O)cccc21. The largest absolute Gasteiger partial charge is 0.507 e. The van der Waals surface area contributed by atoms with Crippen molar-refractivity contribution in [1.82, 2.24) is 0 Å². The molecule has 28 nitrogen and oxygen atoms in total. The van der Waals surface area contributed by atoms with Gasteiger partial charge in [0.05, 0.1) is 66.8 Å². The molecule has 116 heavy (non-hydrogen) atoms. The highest BCUT2D eigenvalue weighted by Crippen LogP contribution is 2.43. The van der Waals surface area contributed by atoms with E-state index in [1.54, 1.807) is 0 Å². The van der Waals surface area contributed by atoms with Crippen molar-refractivity contribution >= 4 is 81.3 Å². The number of aliphatic carboxylic acids is 2. The molecule has 0 unspecified atom stereocenters. The lowest BCUT2D eigenvalue weighted by molar-refractivity contribution is -0.135. The Balaban J connectivity index is 0.000000134. The summed E-state index contributed by atoms with van der Waals surface area (Å²) in [7, 11) is 0. The van der Waals surface area contributed by atoms with Crippen LogP contribution in [0.15, 0.2) is 218 Å². The number of hydrogen-bond acceptors (Lipinski definition) is 26.